The highest BCUT2D eigenvalue weighted by Crippen LogP contribution is 2.25. The first-order valence-electron chi connectivity index (χ1n) is 6.55. The van der Waals surface area contributed by atoms with Crippen LogP contribution in [0.25, 0.3) is 5.69 Å². The standard InChI is InChI=1S/C14H17N5O2/c1-4-5-10(2)14(20)16-11-6-7-13(21-3)12(8-11)19-9-15-17-18-19/h5-9H,4H2,1-3H3,(H,16,20). The van der Waals surface area contributed by atoms with Gasteiger partial charge in [-0.2, -0.15) is 4.68 Å². The molecule has 0 aliphatic rings. The Labute approximate surface area is 122 Å². The van der Waals surface area contributed by atoms with Crippen LogP contribution < -0.4 is 10.1 Å². The molecule has 0 atom stereocenters. The molecule has 1 aromatic heterocycles. The van der Waals surface area contributed by atoms with E-state index < -0.39 is 0 Å². The number of hydrogen-bond donors (Lipinski definition) is 1. The molecule has 0 bridgehead atoms. The van der Waals surface area contributed by atoms with Gasteiger partial charge in [0.25, 0.3) is 5.91 Å². The van der Waals surface area contributed by atoms with Crippen LogP contribution in [0.5, 0.6) is 5.75 Å². The summed E-state index contributed by atoms with van der Waals surface area (Å²) < 4.78 is 6.75. The Hall–Kier alpha value is -2.70. The van der Waals surface area contributed by atoms with E-state index in [0.29, 0.717) is 22.7 Å². The third kappa shape index (κ3) is 3.44. The molecule has 0 saturated heterocycles. The molecule has 2 aromatic rings. The smallest absolute Gasteiger partial charge is 0.250 e. The van der Waals surface area contributed by atoms with Crippen LogP contribution in [0.2, 0.25) is 0 Å². The lowest BCUT2D eigenvalue weighted by Crippen LogP contribution is -2.13. The second-order valence-electron chi connectivity index (χ2n) is 4.39. The Kier molecular flexibility index (Phi) is 4.65. The molecule has 0 aliphatic carbocycles. The largest absolute Gasteiger partial charge is 0.494 e. The van der Waals surface area contributed by atoms with Gasteiger partial charge in [0.2, 0.25) is 0 Å². The molecule has 0 spiro atoms. The SMILES string of the molecule is CCC=C(C)C(=O)Nc1ccc(OC)c(-n2cnnn2)c1. The molecule has 21 heavy (non-hydrogen) atoms. The molecule has 110 valence electrons. The fourth-order valence-corrected chi connectivity index (χ4v) is 1.85. The van der Waals surface area contributed by atoms with Crippen LogP contribution in [0.15, 0.2) is 36.2 Å². The second kappa shape index (κ2) is 6.65. The Morgan fingerprint density at radius 2 is 2.29 bits per heavy atom. The predicted molar refractivity (Wildman–Crippen MR) is 78.4 cm³/mol. The molecule has 0 radical (unpaired) electrons. The van der Waals surface area contributed by atoms with Crippen LogP contribution in [0, 0.1) is 0 Å². The van der Waals surface area contributed by atoms with Crippen LogP contribution in [0.1, 0.15) is 20.3 Å². The molecule has 0 saturated carbocycles. The van der Waals surface area contributed by atoms with E-state index in [2.05, 4.69) is 20.8 Å². The van der Waals surface area contributed by atoms with Gasteiger partial charge >= 0.3 is 0 Å². The summed E-state index contributed by atoms with van der Waals surface area (Å²) in [4.78, 5) is 12.0. The number of methoxy groups -OCH3 is 1. The van der Waals surface area contributed by atoms with Gasteiger partial charge in [0.15, 0.2) is 0 Å². The van der Waals surface area contributed by atoms with Crippen molar-refractivity contribution >= 4 is 11.6 Å². The van der Waals surface area contributed by atoms with Gasteiger partial charge in [0, 0.05) is 11.3 Å². The number of ether oxygens (including phenoxy) is 1. The van der Waals surface area contributed by atoms with Gasteiger partial charge in [-0.1, -0.05) is 13.0 Å². The van der Waals surface area contributed by atoms with Crippen molar-refractivity contribution in [2.45, 2.75) is 20.3 Å². The zero-order valence-electron chi connectivity index (χ0n) is 12.2. The van der Waals surface area contributed by atoms with E-state index in [0.717, 1.165) is 6.42 Å². The molecular formula is C14H17N5O2. The van der Waals surface area contributed by atoms with Gasteiger partial charge < -0.3 is 10.1 Å². The van der Waals surface area contributed by atoms with Crippen molar-refractivity contribution in [1.29, 1.82) is 0 Å². The fraction of sp³-hybridized carbons (Fsp3) is 0.286. The number of nitrogens with zero attached hydrogens (tertiary/aromatic N) is 4. The molecule has 1 heterocycles. The molecule has 1 amide bonds. The lowest BCUT2D eigenvalue weighted by atomic mass is 10.2. The number of allylic oxidation sites excluding steroid dienone is 1. The van der Waals surface area contributed by atoms with Crippen molar-refractivity contribution in [2.75, 3.05) is 12.4 Å². The van der Waals surface area contributed by atoms with E-state index in [4.69, 9.17) is 4.74 Å². The first kappa shape index (κ1) is 14.7. The molecule has 0 aliphatic heterocycles. The average molecular weight is 287 g/mol. The lowest BCUT2D eigenvalue weighted by molar-refractivity contribution is -0.112. The van der Waals surface area contributed by atoms with Crippen LogP contribution in [-0.2, 0) is 4.79 Å². The highest BCUT2D eigenvalue weighted by molar-refractivity contribution is 6.03. The number of amides is 1. The second-order valence-corrected chi connectivity index (χ2v) is 4.39. The molecule has 1 N–H and O–H groups in total. The Morgan fingerprint density at radius 1 is 1.48 bits per heavy atom. The normalized spacial score (nSPS) is 11.3. The van der Waals surface area contributed by atoms with Crippen molar-refractivity contribution in [3.63, 3.8) is 0 Å². The predicted octanol–water partition coefficient (Wildman–Crippen LogP) is 1.97. The maximum atomic E-state index is 12.0. The summed E-state index contributed by atoms with van der Waals surface area (Å²) in [6, 6.07) is 5.28. The Balaban J connectivity index is 2.29. The molecule has 7 nitrogen and oxygen atoms in total. The summed E-state index contributed by atoms with van der Waals surface area (Å²) >= 11 is 0. The van der Waals surface area contributed by atoms with Gasteiger partial charge in [-0.15, -0.1) is 5.10 Å². The Morgan fingerprint density at radius 3 is 2.90 bits per heavy atom. The minimum atomic E-state index is -0.135. The van der Waals surface area contributed by atoms with Gasteiger partial charge in [0.05, 0.1) is 7.11 Å². The number of carbonyl (C=O) groups excluding carboxylic acids is 1. The molecule has 0 fully saturated rings. The van der Waals surface area contributed by atoms with Crippen LogP contribution in [0.4, 0.5) is 5.69 Å². The van der Waals surface area contributed by atoms with Crippen molar-refractivity contribution in [3.8, 4) is 11.4 Å². The minimum Gasteiger partial charge on any atom is -0.494 e. The highest BCUT2D eigenvalue weighted by atomic mass is 16.5. The Bertz CT molecular complexity index is 649. The third-order valence-corrected chi connectivity index (χ3v) is 2.90. The average Bonchev–Trinajstić information content (AvgIpc) is 3.01. The number of anilines is 1. The van der Waals surface area contributed by atoms with E-state index >= 15 is 0 Å². The summed E-state index contributed by atoms with van der Waals surface area (Å²) in [6.07, 6.45) is 4.16. The molecule has 1 aromatic carbocycles. The number of carbonyl (C=O) groups is 1. The van der Waals surface area contributed by atoms with Gasteiger partial charge in [0.1, 0.15) is 17.8 Å². The number of hydrogen-bond acceptors (Lipinski definition) is 5. The maximum Gasteiger partial charge on any atom is 0.250 e. The minimum absolute atomic E-state index is 0.135. The lowest BCUT2D eigenvalue weighted by Gasteiger charge is -2.11. The summed E-state index contributed by atoms with van der Waals surface area (Å²) in [5.74, 6) is 0.478. The number of nitrogens with one attached hydrogen (secondary N) is 1. The first-order valence-corrected chi connectivity index (χ1v) is 6.55. The number of tetrazole rings is 1. The quantitative estimate of drug-likeness (QED) is 0.850. The van der Waals surface area contributed by atoms with Crippen LogP contribution in [-0.4, -0.2) is 33.2 Å². The number of rotatable bonds is 5. The summed E-state index contributed by atoms with van der Waals surface area (Å²) in [5, 5.41) is 13.9. The van der Waals surface area contributed by atoms with E-state index in [1.54, 1.807) is 32.2 Å². The zero-order chi connectivity index (χ0) is 15.2. The number of aromatic nitrogens is 4. The van der Waals surface area contributed by atoms with E-state index in [1.165, 1.54) is 11.0 Å². The van der Waals surface area contributed by atoms with Crippen molar-refractivity contribution in [2.24, 2.45) is 0 Å². The molecule has 2 rings (SSSR count). The van der Waals surface area contributed by atoms with Crippen LogP contribution >= 0.6 is 0 Å². The summed E-state index contributed by atoms with van der Waals surface area (Å²) in [5.41, 5.74) is 1.98. The van der Waals surface area contributed by atoms with Gasteiger partial charge in [-0.3, -0.25) is 4.79 Å². The van der Waals surface area contributed by atoms with E-state index in [9.17, 15) is 4.79 Å². The topological polar surface area (TPSA) is 81.9 Å². The first-order chi connectivity index (χ1) is 10.2. The fourth-order valence-electron chi connectivity index (χ4n) is 1.85. The molecule has 0 unspecified atom stereocenters. The van der Waals surface area contributed by atoms with Crippen molar-refractivity contribution < 1.29 is 9.53 Å². The van der Waals surface area contributed by atoms with Gasteiger partial charge in [-0.05, 0) is 42.0 Å². The summed E-state index contributed by atoms with van der Waals surface area (Å²) in [6.45, 7) is 3.77. The van der Waals surface area contributed by atoms with Crippen LogP contribution in [0.3, 0.4) is 0 Å². The summed E-state index contributed by atoms with van der Waals surface area (Å²) in [7, 11) is 1.57. The maximum absolute atomic E-state index is 12.0. The van der Waals surface area contributed by atoms with Crippen molar-refractivity contribution in [1.82, 2.24) is 20.2 Å². The van der Waals surface area contributed by atoms with Gasteiger partial charge in [-0.25, -0.2) is 0 Å². The zero-order valence-corrected chi connectivity index (χ0v) is 12.2. The van der Waals surface area contributed by atoms with Crippen molar-refractivity contribution in [3.05, 3.63) is 36.2 Å². The van der Waals surface area contributed by atoms with E-state index in [1.807, 2.05) is 13.0 Å². The molecule has 7 heteroatoms. The van der Waals surface area contributed by atoms with E-state index in [-0.39, 0.29) is 5.91 Å². The monoisotopic (exact) mass is 287 g/mol. The molecular weight excluding hydrogens is 270 g/mol. The third-order valence-electron chi connectivity index (χ3n) is 2.90. The number of benzene rings is 1. The highest BCUT2D eigenvalue weighted by Gasteiger charge is 2.10.